The Kier molecular flexibility index (Phi) is 3.40. The minimum absolute atomic E-state index is 0.116. The minimum atomic E-state index is -0.435. The van der Waals surface area contributed by atoms with Crippen LogP contribution in [0.1, 0.15) is 25.7 Å². The van der Waals surface area contributed by atoms with Gasteiger partial charge in [0.2, 0.25) is 0 Å². The van der Waals surface area contributed by atoms with Crippen molar-refractivity contribution in [2.75, 3.05) is 6.61 Å². The number of carbonyl (C=O) groups is 1. The summed E-state index contributed by atoms with van der Waals surface area (Å²) >= 11 is 0. The number of hydrogen-bond donors (Lipinski definition) is 1. The average molecular weight is 263 g/mol. The molecule has 3 nitrogen and oxygen atoms in total. The molecule has 1 aromatic carbocycles. The number of amides is 1. The molecule has 2 saturated carbocycles. The van der Waals surface area contributed by atoms with Crippen LogP contribution in [0.2, 0.25) is 0 Å². The molecule has 2 aliphatic rings. The van der Waals surface area contributed by atoms with Crippen LogP contribution in [0.4, 0.5) is 4.39 Å². The van der Waals surface area contributed by atoms with Crippen molar-refractivity contribution < 1.29 is 13.9 Å². The monoisotopic (exact) mass is 263 g/mol. The molecule has 1 N–H and O–H groups in total. The molecule has 1 aromatic rings. The highest BCUT2D eigenvalue weighted by Gasteiger charge is 2.40. The van der Waals surface area contributed by atoms with Gasteiger partial charge in [-0.1, -0.05) is 18.6 Å². The lowest BCUT2D eigenvalue weighted by molar-refractivity contribution is -0.124. The van der Waals surface area contributed by atoms with Crippen LogP contribution in [0.15, 0.2) is 24.3 Å². The minimum Gasteiger partial charge on any atom is -0.481 e. The highest BCUT2D eigenvalue weighted by atomic mass is 19.1. The zero-order chi connectivity index (χ0) is 13.2. The zero-order valence-electron chi connectivity index (χ0n) is 10.8. The van der Waals surface area contributed by atoms with E-state index < -0.39 is 5.82 Å². The molecule has 2 fully saturated rings. The van der Waals surface area contributed by atoms with Crippen LogP contribution in [0.5, 0.6) is 5.75 Å². The lowest BCUT2D eigenvalue weighted by Gasteiger charge is -2.22. The molecule has 2 bridgehead atoms. The third-order valence-electron chi connectivity index (χ3n) is 4.28. The summed E-state index contributed by atoms with van der Waals surface area (Å²) < 4.78 is 18.5. The van der Waals surface area contributed by atoms with E-state index in [4.69, 9.17) is 4.74 Å². The summed E-state index contributed by atoms with van der Waals surface area (Å²) in [7, 11) is 0. The average Bonchev–Trinajstić information content (AvgIpc) is 3.00. The molecule has 0 unspecified atom stereocenters. The molecular weight excluding hydrogens is 245 g/mol. The second kappa shape index (κ2) is 5.19. The molecule has 0 spiro atoms. The third-order valence-corrected chi connectivity index (χ3v) is 4.28. The Labute approximate surface area is 112 Å². The first-order chi connectivity index (χ1) is 9.22. The largest absolute Gasteiger partial charge is 0.481 e. The Morgan fingerprint density at radius 2 is 2.16 bits per heavy atom. The molecule has 0 saturated heterocycles. The fourth-order valence-corrected chi connectivity index (χ4v) is 3.38. The van der Waals surface area contributed by atoms with Gasteiger partial charge >= 0.3 is 0 Å². The smallest absolute Gasteiger partial charge is 0.258 e. The van der Waals surface area contributed by atoms with Gasteiger partial charge in [-0.2, -0.15) is 0 Å². The van der Waals surface area contributed by atoms with E-state index in [0.717, 1.165) is 12.3 Å². The molecule has 3 atom stereocenters. The molecule has 1 amide bonds. The van der Waals surface area contributed by atoms with Crippen molar-refractivity contribution in [3.05, 3.63) is 30.1 Å². The van der Waals surface area contributed by atoms with Gasteiger partial charge in [0.15, 0.2) is 18.2 Å². The second-order valence-corrected chi connectivity index (χ2v) is 5.57. The van der Waals surface area contributed by atoms with Gasteiger partial charge in [0.05, 0.1) is 0 Å². The van der Waals surface area contributed by atoms with Crippen LogP contribution in [-0.4, -0.2) is 18.6 Å². The number of ether oxygens (including phenoxy) is 1. The highest BCUT2D eigenvalue weighted by molar-refractivity contribution is 5.78. The molecule has 0 heterocycles. The molecule has 19 heavy (non-hydrogen) atoms. The van der Waals surface area contributed by atoms with Crippen molar-refractivity contribution in [3.63, 3.8) is 0 Å². The van der Waals surface area contributed by atoms with Gasteiger partial charge in [-0.05, 0) is 43.2 Å². The van der Waals surface area contributed by atoms with Gasteiger partial charge in [-0.3, -0.25) is 4.79 Å². The number of nitrogens with one attached hydrogen (secondary N) is 1. The normalized spacial score (nSPS) is 28.4. The molecule has 4 heteroatoms. The molecule has 2 aliphatic carbocycles. The fourth-order valence-electron chi connectivity index (χ4n) is 3.38. The molecule has 102 valence electrons. The standard InChI is InChI=1S/C15H18FNO2/c16-12-3-1-2-4-14(12)19-9-15(18)17-13-8-10-5-6-11(13)7-10/h1-4,10-11,13H,5-9H2,(H,17,18)/t10-,11-,13-/m1/s1. The van der Waals surface area contributed by atoms with E-state index >= 15 is 0 Å². The van der Waals surface area contributed by atoms with Crippen LogP contribution in [-0.2, 0) is 4.79 Å². The van der Waals surface area contributed by atoms with E-state index in [0.29, 0.717) is 12.0 Å². The van der Waals surface area contributed by atoms with Crippen molar-refractivity contribution in [2.45, 2.75) is 31.7 Å². The number of rotatable bonds is 4. The Bertz CT molecular complexity index is 477. The fraction of sp³-hybridized carbons (Fsp3) is 0.533. The molecule has 0 aliphatic heterocycles. The van der Waals surface area contributed by atoms with E-state index in [1.165, 1.54) is 31.4 Å². The van der Waals surface area contributed by atoms with Gasteiger partial charge in [0.1, 0.15) is 0 Å². The van der Waals surface area contributed by atoms with E-state index in [9.17, 15) is 9.18 Å². The Morgan fingerprint density at radius 1 is 1.32 bits per heavy atom. The maximum absolute atomic E-state index is 13.3. The molecule has 3 rings (SSSR count). The predicted octanol–water partition coefficient (Wildman–Crippen LogP) is 2.51. The highest BCUT2D eigenvalue weighted by Crippen LogP contribution is 2.44. The SMILES string of the molecule is O=C(COc1ccccc1F)N[C@@H]1C[C@@H]2CC[C@@H]1C2. The number of fused-ring (bicyclic) bond motifs is 2. The van der Waals surface area contributed by atoms with Crippen molar-refractivity contribution in [3.8, 4) is 5.75 Å². The third kappa shape index (κ3) is 2.72. The molecule has 0 aromatic heterocycles. The van der Waals surface area contributed by atoms with E-state index in [-0.39, 0.29) is 18.3 Å². The topological polar surface area (TPSA) is 38.3 Å². The van der Waals surface area contributed by atoms with Gasteiger partial charge in [-0.25, -0.2) is 4.39 Å². The van der Waals surface area contributed by atoms with Gasteiger partial charge < -0.3 is 10.1 Å². The van der Waals surface area contributed by atoms with Crippen molar-refractivity contribution >= 4 is 5.91 Å². The van der Waals surface area contributed by atoms with Gasteiger partial charge in [0.25, 0.3) is 5.91 Å². The summed E-state index contributed by atoms with van der Waals surface area (Å²) in [4.78, 5) is 11.8. The number of hydrogen-bond acceptors (Lipinski definition) is 2. The second-order valence-electron chi connectivity index (χ2n) is 5.57. The summed E-state index contributed by atoms with van der Waals surface area (Å²) in [6.07, 6.45) is 4.88. The van der Waals surface area contributed by atoms with Crippen molar-refractivity contribution in [2.24, 2.45) is 11.8 Å². The number of benzene rings is 1. The van der Waals surface area contributed by atoms with Crippen LogP contribution in [0.3, 0.4) is 0 Å². The van der Waals surface area contributed by atoms with Crippen LogP contribution < -0.4 is 10.1 Å². The lowest BCUT2D eigenvalue weighted by atomic mass is 9.95. The summed E-state index contributed by atoms with van der Waals surface area (Å²) in [6.45, 7) is -0.116. The first kappa shape index (κ1) is 12.5. The summed E-state index contributed by atoms with van der Waals surface area (Å²) in [6, 6.07) is 6.43. The number of carbonyl (C=O) groups excluding carboxylic acids is 1. The molecular formula is C15H18FNO2. The van der Waals surface area contributed by atoms with Crippen LogP contribution in [0.25, 0.3) is 0 Å². The van der Waals surface area contributed by atoms with E-state index in [1.54, 1.807) is 12.1 Å². The summed E-state index contributed by atoms with van der Waals surface area (Å²) in [5.41, 5.74) is 0. The lowest BCUT2D eigenvalue weighted by Crippen LogP contribution is -2.40. The number of halogens is 1. The van der Waals surface area contributed by atoms with Crippen LogP contribution >= 0.6 is 0 Å². The van der Waals surface area contributed by atoms with Crippen LogP contribution in [0, 0.1) is 17.7 Å². The quantitative estimate of drug-likeness (QED) is 0.906. The Hall–Kier alpha value is -1.58. The zero-order valence-corrected chi connectivity index (χ0v) is 10.8. The van der Waals surface area contributed by atoms with Crippen molar-refractivity contribution in [1.82, 2.24) is 5.32 Å². The predicted molar refractivity (Wildman–Crippen MR) is 69.3 cm³/mol. The van der Waals surface area contributed by atoms with Gasteiger partial charge in [0, 0.05) is 6.04 Å². The van der Waals surface area contributed by atoms with E-state index in [1.807, 2.05) is 0 Å². The first-order valence-corrected chi connectivity index (χ1v) is 6.89. The van der Waals surface area contributed by atoms with Gasteiger partial charge in [-0.15, -0.1) is 0 Å². The first-order valence-electron chi connectivity index (χ1n) is 6.89. The Morgan fingerprint density at radius 3 is 2.84 bits per heavy atom. The molecule has 0 radical (unpaired) electrons. The maximum Gasteiger partial charge on any atom is 0.258 e. The number of para-hydroxylation sites is 1. The summed E-state index contributed by atoms with van der Waals surface area (Å²) in [5, 5.41) is 3.01. The Balaban J connectivity index is 1.48. The van der Waals surface area contributed by atoms with E-state index in [2.05, 4.69) is 5.32 Å². The summed E-state index contributed by atoms with van der Waals surface area (Å²) in [5.74, 6) is 0.979. The van der Waals surface area contributed by atoms with Crippen molar-refractivity contribution in [1.29, 1.82) is 0 Å². The maximum atomic E-state index is 13.3.